The molecule has 2 heteroatoms. The zero-order valence-corrected chi connectivity index (χ0v) is 9.24. The molecule has 1 heterocycles. The lowest BCUT2D eigenvalue weighted by Gasteiger charge is -2.16. The van der Waals surface area contributed by atoms with E-state index in [0.717, 1.165) is 12.5 Å². The Balaban J connectivity index is 1.87. The number of fused-ring (bicyclic) bond motifs is 1. The number of thiol groups is 1. The number of likely N-dealkylation sites (tertiary alicyclic amines) is 1. The fraction of sp³-hybridized carbons (Fsp3) is 0.500. The second-order valence-corrected chi connectivity index (χ2v) is 5.52. The summed E-state index contributed by atoms with van der Waals surface area (Å²) >= 11 is 4.85. The molecule has 14 heavy (non-hydrogen) atoms. The monoisotopic (exact) mass is 205 g/mol. The Hall–Kier alpha value is -0.470. The fourth-order valence-corrected chi connectivity index (χ4v) is 3.72. The van der Waals surface area contributed by atoms with Gasteiger partial charge < -0.3 is 4.90 Å². The quantitative estimate of drug-likeness (QED) is 0.686. The molecule has 1 aliphatic carbocycles. The molecule has 0 amide bonds. The molecule has 1 saturated heterocycles. The maximum atomic E-state index is 4.85. The van der Waals surface area contributed by atoms with Crippen molar-refractivity contribution in [2.24, 2.45) is 5.92 Å². The van der Waals surface area contributed by atoms with Crippen molar-refractivity contribution in [2.75, 3.05) is 20.1 Å². The van der Waals surface area contributed by atoms with Gasteiger partial charge in [0.1, 0.15) is 0 Å². The van der Waals surface area contributed by atoms with Crippen LogP contribution in [0.1, 0.15) is 11.5 Å². The van der Waals surface area contributed by atoms with Gasteiger partial charge in [-0.3, -0.25) is 0 Å². The van der Waals surface area contributed by atoms with E-state index in [0.29, 0.717) is 5.92 Å². The Morgan fingerprint density at radius 1 is 1.36 bits per heavy atom. The van der Waals surface area contributed by atoms with Gasteiger partial charge in [-0.25, -0.2) is 0 Å². The van der Waals surface area contributed by atoms with E-state index >= 15 is 0 Å². The predicted octanol–water partition coefficient (Wildman–Crippen LogP) is 2.01. The molecule has 1 nitrogen and oxygen atoms in total. The van der Waals surface area contributed by atoms with Crippen molar-refractivity contribution in [3.05, 3.63) is 35.9 Å². The van der Waals surface area contributed by atoms with Gasteiger partial charge in [0.05, 0.1) is 0 Å². The Bertz CT molecular complexity index is 351. The Morgan fingerprint density at radius 3 is 2.64 bits per heavy atom. The minimum absolute atomic E-state index is 0.274. The van der Waals surface area contributed by atoms with Gasteiger partial charge in [-0.15, -0.1) is 0 Å². The van der Waals surface area contributed by atoms with Crippen molar-refractivity contribution in [1.82, 2.24) is 4.90 Å². The first-order valence-electron chi connectivity index (χ1n) is 5.18. The van der Waals surface area contributed by atoms with E-state index in [1.54, 1.807) is 0 Å². The summed E-state index contributed by atoms with van der Waals surface area (Å²) in [6.45, 7) is 2.35. The summed E-state index contributed by atoms with van der Waals surface area (Å²) in [4.78, 5) is 2.39. The van der Waals surface area contributed by atoms with Crippen molar-refractivity contribution in [3.63, 3.8) is 0 Å². The molecular weight excluding hydrogens is 190 g/mol. The minimum Gasteiger partial charge on any atom is -0.305 e. The molecule has 0 N–H and O–H groups in total. The molecule has 1 aliphatic heterocycles. The number of nitrogens with zero attached hydrogens (tertiary/aromatic N) is 1. The number of benzene rings is 1. The summed E-state index contributed by atoms with van der Waals surface area (Å²) < 4.78 is 0.274. The van der Waals surface area contributed by atoms with Gasteiger partial charge in [0.15, 0.2) is 0 Å². The average Bonchev–Trinajstić information content (AvgIpc) is 2.58. The summed E-state index contributed by atoms with van der Waals surface area (Å²) in [6.07, 6.45) is 0. The minimum atomic E-state index is 0.274. The lowest BCUT2D eigenvalue weighted by atomic mass is 10.1. The molecule has 0 bridgehead atoms. The second-order valence-electron chi connectivity index (χ2n) is 4.68. The van der Waals surface area contributed by atoms with Crippen LogP contribution in [0.3, 0.4) is 0 Å². The molecule has 3 rings (SSSR count). The molecule has 0 aromatic heterocycles. The lowest BCUT2D eigenvalue weighted by Crippen LogP contribution is -2.23. The summed E-state index contributed by atoms with van der Waals surface area (Å²) in [5, 5.41) is 0. The van der Waals surface area contributed by atoms with Crippen molar-refractivity contribution < 1.29 is 0 Å². The van der Waals surface area contributed by atoms with E-state index in [9.17, 15) is 0 Å². The molecule has 2 fully saturated rings. The molecule has 0 unspecified atom stereocenters. The number of piperidine rings is 1. The fourth-order valence-electron chi connectivity index (χ4n) is 3.00. The van der Waals surface area contributed by atoms with Crippen LogP contribution in [0.2, 0.25) is 0 Å². The third-order valence-electron chi connectivity index (χ3n) is 3.66. The van der Waals surface area contributed by atoms with Gasteiger partial charge >= 0.3 is 0 Å². The van der Waals surface area contributed by atoms with E-state index in [4.69, 9.17) is 12.6 Å². The van der Waals surface area contributed by atoms with Crippen LogP contribution in [0.4, 0.5) is 0 Å². The molecule has 1 aromatic carbocycles. The largest absolute Gasteiger partial charge is 0.305 e. The molecule has 0 spiro atoms. The number of rotatable bonds is 1. The molecule has 3 atom stereocenters. The van der Waals surface area contributed by atoms with Gasteiger partial charge in [0.2, 0.25) is 0 Å². The van der Waals surface area contributed by atoms with Crippen LogP contribution in [-0.2, 0) is 0 Å². The maximum Gasteiger partial charge on any atom is 0.0375 e. The first kappa shape index (κ1) is 8.81. The predicted molar refractivity (Wildman–Crippen MR) is 61.9 cm³/mol. The lowest BCUT2D eigenvalue weighted by molar-refractivity contribution is 0.367. The SMILES string of the molecule is CN1C[C@@H]2[C@@H](c3ccccc3)[C@]2(S)C1. The van der Waals surface area contributed by atoms with Gasteiger partial charge in [0.25, 0.3) is 0 Å². The summed E-state index contributed by atoms with van der Waals surface area (Å²) in [5.41, 5.74) is 1.47. The molecule has 2 aliphatic rings. The molecule has 0 radical (unpaired) electrons. The average molecular weight is 205 g/mol. The molecule has 1 aromatic rings. The van der Waals surface area contributed by atoms with Crippen LogP contribution < -0.4 is 0 Å². The molecular formula is C12H15NS. The third-order valence-corrected chi connectivity index (χ3v) is 4.42. The van der Waals surface area contributed by atoms with Crippen molar-refractivity contribution in [1.29, 1.82) is 0 Å². The standard InChI is InChI=1S/C12H15NS/c1-13-7-10-11(12(10,14)8-13)9-5-3-2-4-6-9/h2-6,10-11,14H,7-8H2,1H3/t10-,11-,12+/m1/s1. The van der Waals surface area contributed by atoms with E-state index in [2.05, 4.69) is 42.3 Å². The highest BCUT2D eigenvalue weighted by Gasteiger charge is 2.66. The Kier molecular flexibility index (Phi) is 1.74. The van der Waals surface area contributed by atoms with Crippen LogP contribution in [0.5, 0.6) is 0 Å². The summed E-state index contributed by atoms with van der Waals surface area (Å²) in [7, 11) is 2.19. The first-order chi connectivity index (χ1) is 6.72. The van der Waals surface area contributed by atoms with Crippen molar-refractivity contribution in [2.45, 2.75) is 10.7 Å². The topological polar surface area (TPSA) is 3.24 Å². The summed E-state index contributed by atoms with van der Waals surface area (Å²) in [5.74, 6) is 1.47. The first-order valence-corrected chi connectivity index (χ1v) is 5.62. The Morgan fingerprint density at radius 2 is 2.07 bits per heavy atom. The smallest absolute Gasteiger partial charge is 0.0375 e. The van der Waals surface area contributed by atoms with Gasteiger partial charge in [-0.05, 0) is 18.5 Å². The number of hydrogen-bond donors (Lipinski definition) is 1. The van der Waals surface area contributed by atoms with E-state index in [1.165, 1.54) is 12.1 Å². The van der Waals surface area contributed by atoms with Gasteiger partial charge in [0, 0.05) is 23.8 Å². The normalized spacial score (nSPS) is 41.0. The summed E-state index contributed by atoms with van der Waals surface area (Å²) in [6, 6.07) is 10.8. The second kappa shape index (κ2) is 2.77. The Labute approximate surface area is 90.5 Å². The van der Waals surface area contributed by atoms with Gasteiger partial charge in [-0.2, -0.15) is 12.6 Å². The highest BCUT2D eigenvalue weighted by atomic mass is 32.1. The van der Waals surface area contributed by atoms with E-state index in [-0.39, 0.29) is 4.75 Å². The van der Waals surface area contributed by atoms with Crippen LogP contribution in [0, 0.1) is 5.92 Å². The van der Waals surface area contributed by atoms with Crippen LogP contribution in [0.25, 0.3) is 0 Å². The van der Waals surface area contributed by atoms with E-state index in [1.807, 2.05) is 0 Å². The highest BCUT2D eigenvalue weighted by Crippen LogP contribution is 2.65. The maximum absolute atomic E-state index is 4.85. The van der Waals surface area contributed by atoms with Crippen LogP contribution >= 0.6 is 12.6 Å². The van der Waals surface area contributed by atoms with Crippen molar-refractivity contribution in [3.8, 4) is 0 Å². The number of hydrogen-bond acceptors (Lipinski definition) is 2. The third kappa shape index (κ3) is 1.07. The van der Waals surface area contributed by atoms with Gasteiger partial charge in [-0.1, -0.05) is 30.3 Å². The zero-order valence-electron chi connectivity index (χ0n) is 8.35. The highest BCUT2D eigenvalue weighted by molar-refractivity contribution is 7.82. The van der Waals surface area contributed by atoms with Crippen LogP contribution in [0.15, 0.2) is 30.3 Å². The van der Waals surface area contributed by atoms with Crippen LogP contribution in [-0.4, -0.2) is 29.8 Å². The van der Waals surface area contributed by atoms with Crippen molar-refractivity contribution >= 4 is 12.6 Å². The molecule has 1 saturated carbocycles. The van der Waals surface area contributed by atoms with E-state index < -0.39 is 0 Å². The molecule has 74 valence electrons. The zero-order chi connectivity index (χ0) is 9.76.